The van der Waals surface area contributed by atoms with E-state index in [0.29, 0.717) is 6.04 Å². The Morgan fingerprint density at radius 3 is 2.56 bits per heavy atom. The van der Waals surface area contributed by atoms with Gasteiger partial charge in [0.1, 0.15) is 0 Å². The number of thiophene rings is 1. The van der Waals surface area contributed by atoms with Gasteiger partial charge in [-0.05, 0) is 62.1 Å². The highest BCUT2D eigenvalue weighted by Gasteiger charge is 2.34. The van der Waals surface area contributed by atoms with E-state index in [1.807, 2.05) is 11.3 Å². The summed E-state index contributed by atoms with van der Waals surface area (Å²) in [7, 11) is 0. The van der Waals surface area contributed by atoms with E-state index in [-0.39, 0.29) is 0 Å². The molecule has 2 fully saturated rings. The van der Waals surface area contributed by atoms with Crippen molar-refractivity contribution in [1.29, 1.82) is 0 Å². The molecule has 0 aliphatic heterocycles. The summed E-state index contributed by atoms with van der Waals surface area (Å²) in [6, 6.07) is 5.93. The summed E-state index contributed by atoms with van der Waals surface area (Å²) in [6.45, 7) is 0. The van der Waals surface area contributed by atoms with E-state index in [1.165, 1.54) is 38.5 Å². The molecule has 1 aromatic rings. The van der Waals surface area contributed by atoms with E-state index >= 15 is 0 Å². The van der Waals surface area contributed by atoms with Gasteiger partial charge in [-0.1, -0.05) is 6.07 Å². The molecule has 2 aliphatic rings. The largest absolute Gasteiger partial charge is 0.306 e. The lowest BCUT2D eigenvalue weighted by molar-refractivity contribution is 0.329. The predicted octanol–water partition coefficient (Wildman–Crippen LogP) is 4.46. The Morgan fingerprint density at radius 2 is 2.00 bits per heavy atom. The first-order valence-electron chi connectivity index (χ1n) is 7.19. The van der Waals surface area contributed by atoms with Gasteiger partial charge >= 0.3 is 0 Å². The zero-order valence-corrected chi connectivity index (χ0v) is 12.7. The van der Waals surface area contributed by atoms with Crippen molar-refractivity contribution < 1.29 is 0 Å². The minimum absolute atomic E-state index is 0.654. The Kier molecular flexibility index (Phi) is 4.32. The molecule has 0 bridgehead atoms. The molecule has 1 aromatic heterocycles. The monoisotopic (exact) mass is 281 g/mol. The van der Waals surface area contributed by atoms with Crippen molar-refractivity contribution in [3.63, 3.8) is 0 Å². The highest BCUT2D eigenvalue weighted by molar-refractivity contribution is 7.99. The SMILES string of the molecule is CSC1CCC(NC(c2cccs2)C2CC2)CC1. The summed E-state index contributed by atoms with van der Waals surface area (Å²) in [5, 5.41) is 7.11. The first-order valence-corrected chi connectivity index (χ1v) is 9.36. The summed E-state index contributed by atoms with van der Waals surface area (Å²) < 4.78 is 0. The fourth-order valence-electron chi connectivity index (χ4n) is 3.07. The van der Waals surface area contributed by atoms with Crippen LogP contribution in [0.5, 0.6) is 0 Å². The smallest absolute Gasteiger partial charge is 0.0445 e. The Labute approximate surface area is 119 Å². The molecule has 0 amide bonds. The molecule has 1 heterocycles. The standard InChI is InChI=1S/C15H23NS2/c1-17-13-8-6-12(7-9-13)16-15(11-4-5-11)14-3-2-10-18-14/h2-3,10-13,15-16H,4-9H2,1H3. The van der Waals surface area contributed by atoms with Gasteiger partial charge in [0.05, 0.1) is 0 Å². The molecule has 1 atom stereocenters. The number of rotatable bonds is 5. The first-order chi connectivity index (χ1) is 8.86. The van der Waals surface area contributed by atoms with Crippen LogP contribution in [0, 0.1) is 5.92 Å². The van der Waals surface area contributed by atoms with Crippen LogP contribution < -0.4 is 5.32 Å². The van der Waals surface area contributed by atoms with Crippen molar-refractivity contribution in [1.82, 2.24) is 5.32 Å². The normalized spacial score (nSPS) is 30.3. The molecule has 1 unspecified atom stereocenters. The van der Waals surface area contributed by atoms with Crippen molar-refractivity contribution in [2.24, 2.45) is 5.92 Å². The van der Waals surface area contributed by atoms with Gasteiger partial charge in [-0.3, -0.25) is 0 Å². The summed E-state index contributed by atoms with van der Waals surface area (Å²) in [5.41, 5.74) is 0. The van der Waals surface area contributed by atoms with Crippen LogP contribution in [0.25, 0.3) is 0 Å². The molecule has 0 spiro atoms. The van der Waals surface area contributed by atoms with Crippen LogP contribution in [-0.2, 0) is 0 Å². The van der Waals surface area contributed by atoms with Crippen molar-refractivity contribution in [3.8, 4) is 0 Å². The van der Waals surface area contributed by atoms with Crippen LogP contribution >= 0.6 is 23.1 Å². The second-order valence-corrected chi connectivity index (χ2v) is 7.82. The van der Waals surface area contributed by atoms with E-state index in [4.69, 9.17) is 0 Å². The van der Waals surface area contributed by atoms with Gasteiger partial charge in [0.2, 0.25) is 0 Å². The molecule has 2 aliphatic carbocycles. The quantitative estimate of drug-likeness (QED) is 0.855. The van der Waals surface area contributed by atoms with E-state index in [9.17, 15) is 0 Å². The third kappa shape index (κ3) is 3.12. The first kappa shape index (κ1) is 13.0. The molecule has 0 aromatic carbocycles. The third-order valence-electron chi connectivity index (χ3n) is 4.37. The maximum Gasteiger partial charge on any atom is 0.0445 e. The van der Waals surface area contributed by atoms with Crippen molar-refractivity contribution in [3.05, 3.63) is 22.4 Å². The molecule has 3 rings (SSSR count). The van der Waals surface area contributed by atoms with Gasteiger partial charge < -0.3 is 5.32 Å². The molecule has 18 heavy (non-hydrogen) atoms. The maximum absolute atomic E-state index is 3.97. The lowest BCUT2D eigenvalue weighted by Crippen LogP contribution is -2.37. The van der Waals surface area contributed by atoms with Gasteiger partial charge in [-0.15, -0.1) is 11.3 Å². The fourth-order valence-corrected chi connectivity index (χ4v) is 4.69. The highest BCUT2D eigenvalue weighted by Crippen LogP contribution is 2.43. The second kappa shape index (κ2) is 5.98. The number of nitrogens with one attached hydrogen (secondary N) is 1. The Balaban J connectivity index is 1.57. The number of hydrogen-bond acceptors (Lipinski definition) is 3. The van der Waals surface area contributed by atoms with Crippen LogP contribution in [0.2, 0.25) is 0 Å². The van der Waals surface area contributed by atoms with Crippen molar-refractivity contribution in [2.75, 3.05) is 6.26 Å². The lowest BCUT2D eigenvalue weighted by atomic mass is 9.93. The number of hydrogen-bond donors (Lipinski definition) is 1. The summed E-state index contributed by atoms with van der Waals surface area (Å²) in [6.07, 6.45) is 10.7. The summed E-state index contributed by atoms with van der Waals surface area (Å²) in [5.74, 6) is 0.918. The molecule has 2 saturated carbocycles. The Bertz CT molecular complexity index is 351. The third-order valence-corrected chi connectivity index (χ3v) is 6.46. The zero-order chi connectivity index (χ0) is 12.4. The molecule has 3 heteroatoms. The molecular weight excluding hydrogens is 258 g/mol. The lowest BCUT2D eigenvalue weighted by Gasteiger charge is -2.31. The minimum Gasteiger partial charge on any atom is -0.306 e. The van der Waals surface area contributed by atoms with E-state index in [0.717, 1.165) is 17.2 Å². The zero-order valence-electron chi connectivity index (χ0n) is 11.1. The number of thioether (sulfide) groups is 1. The average molecular weight is 281 g/mol. The summed E-state index contributed by atoms with van der Waals surface area (Å²) in [4.78, 5) is 1.56. The van der Waals surface area contributed by atoms with Gasteiger partial charge in [-0.25, -0.2) is 0 Å². The molecule has 0 radical (unpaired) electrons. The summed E-state index contributed by atoms with van der Waals surface area (Å²) >= 11 is 3.98. The van der Waals surface area contributed by atoms with Crippen LogP contribution in [0.3, 0.4) is 0 Å². The van der Waals surface area contributed by atoms with Gasteiger partial charge in [0, 0.05) is 22.2 Å². The van der Waals surface area contributed by atoms with Gasteiger partial charge in [0.25, 0.3) is 0 Å². The van der Waals surface area contributed by atoms with Crippen LogP contribution in [-0.4, -0.2) is 17.5 Å². The average Bonchev–Trinajstić information content (AvgIpc) is 3.11. The van der Waals surface area contributed by atoms with Crippen LogP contribution in [0.1, 0.15) is 49.4 Å². The van der Waals surface area contributed by atoms with Crippen molar-refractivity contribution >= 4 is 23.1 Å². The minimum atomic E-state index is 0.654. The Hall–Kier alpha value is 0.01000. The molecule has 100 valence electrons. The van der Waals surface area contributed by atoms with Crippen molar-refractivity contribution in [2.45, 2.75) is 55.9 Å². The Morgan fingerprint density at radius 1 is 1.22 bits per heavy atom. The highest BCUT2D eigenvalue weighted by atomic mass is 32.2. The van der Waals surface area contributed by atoms with E-state index < -0.39 is 0 Å². The maximum atomic E-state index is 3.97. The van der Waals surface area contributed by atoms with E-state index in [2.05, 4.69) is 40.8 Å². The topological polar surface area (TPSA) is 12.0 Å². The fraction of sp³-hybridized carbons (Fsp3) is 0.733. The van der Waals surface area contributed by atoms with Crippen LogP contribution in [0.15, 0.2) is 17.5 Å². The van der Waals surface area contributed by atoms with Gasteiger partial charge in [-0.2, -0.15) is 11.8 Å². The molecule has 1 N–H and O–H groups in total. The van der Waals surface area contributed by atoms with Gasteiger partial charge in [0.15, 0.2) is 0 Å². The van der Waals surface area contributed by atoms with Crippen LogP contribution in [0.4, 0.5) is 0 Å². The second-order valence-electron chi connectivity index (χ2n) is 5.71. The molecule has 1 nitrogen and oxygen atoms in total. The predicted molar refractivity (Wildman–Crippen MR) is 82.5 cm³/mol. The molecular formula is C15H23NS2. The van der Waals surface area contributed by atoms with E-state index in [1.54, 1.807) is 4.88 Å². The molecule has 0 saturated heterocycles.